The third-order valence-corrected chi connectivity index (χ3v) is 2.85. The first-order valence-corrected chi connectivity index (χ1v) is 6.85. The highest BCUT2D eigenvalue weighted by molar-refractivity contribution is 6.32. The maximum absolute atomic E-state index is 9.93. The molecule has 1 aromatic rings. The Morgan fingerprint density at radius 3 is 2.33 bits per heavy atom. The summed E-state index contributed by atoms with van der Waals surface area (Å²) in [7, 11) is 0. The van der Waals surface area contributed by atoms with Crippen LogP contribution in [0.5, 0.6) is 0 Å². The number of hydrogen-bond acceptors (Lipinski definition) is 2. The van der Waals surface area contributed by atoms with Gasteiger partial charge in [0.05, 0.1) is 5.60 Å². The van der Waals surface area contributed by atoms with Gasteiger partial charge in [0.2, 0.25) is 0 Å². The van der Waals surface area contributed by atoms with Gasteiger partial charge in [0.15, 0.2) is 0 Å². The maximum Gasteiger partial charge on any atom is 0.131 e. The lowest BCUT2D eigenvalue weighted by molar-refractivity contribution is 0.133. The van der Waals surface area contributed by atoms with E-state index in [1.165, 1.54) is 0 Å². The monoisotopic (exact) mass is 287 g/mol. The number of rotatable bonds is 5. The Kier molecular flexibility index (Phi) is 5.64. The molecule has 0 saturated carbocycles. The van der Waals surface area contributed by atoms with Crippen LogP contribution in [-0.4, -0.2) is 15.7 Å². The first-order chi connectivity index (χ1) is 8.31. The predicted molar refractivity (Wildman–Crippen MR) is 78.1 cm³/mol. The molecule has 0 unspecified atom stereocenters. The van der Waals surface area contributed by atoms with Gasteiger partial charge in [-0.3, -0.25) is 0 Å². The highest BCUT2D eigenvalue weighted by Gasteiger charge is 2.13. The van der Waals surface area contributed by atoms with E-state index < -0.39 is 5.60 Å². The van der Waals surface area contributed by atoms with Crippen molar-refractivity contribution in [3.05, 3.63) is 34.1 Å². The lowest BCUT2D eigenvalue weighted by Crippen LogP contribution is -2.15. The van der Waals surface area contributed by atoms with Crippen LogP contribution in [0.15, 0.2) is 18.2 Å². The topological polar surface area (TPSA) is 33.1 Å². The van der Waals surface area contributed by atoms with Gasteiger partial charge in [0.25, 0.3) is 0 Å². The summed E-state index contributed by atoms with van der Waals surface area (Å²) < 4.78 is 0. The smallest absolute Gasteiger partial charge is 0.131 e. The summed E-state index contributed by atoms with van der Waals surface area (Å²) in [6.45, 7) is 5.64. The highest BCUT2D eigenvalue weighted by Crippen LogP contribution is 2.27. The van der Waals surface area contributed by atoms with Crippen LogP contribution in [0.3, 0.4) is 0 Å². The van der Waals surface area contributed by atoms with Gasteiger partial charge in [0, 0.05) is 0 Å². The van der Waals surface area contributed by atoms with Crippen molar-refractivity contribution < 1.29 is 5.11 Å². The van der Waals surface area contributed by atoms with Crippen LogP contribution in [-0.2, 0) is 0 Å². The van der Waals surface area contributed by atoms with E-state index in [2.05, 4.69) is 11.9 Å². The molecule has 1 heterocycles. The summed E-state index contributed by atoms with van der Waals surface area (Å²) in [6.07, 6.45) is 4.89. The molecular weight excluding hydrogens is 269 g/mol. The van der Waals surface area contributed by atoms with Gasteiger partial charge >= 0.3 is 0 Å². The van der Waals surface area contributed by atoms with Crippen molar-refractivity contribution in [2.45, 2.75) is 45.6 Å². The average Bonchev–Trinajstić information content (AvgIpc) is 2.21. The molecule has 0 aliphatic heterocycles. The zero-order valence-electron chi connectivity index (χ0n) is 11.0. The van der Waals surface area contributed by atoms with Crippen molar-refractivity contribution in [3.8, 4) is 0 Å². The number of aromatic nitrogens is 1. The molecule has 1 N–H and O–H groups in total. The van der Waals surface area contributed by atoms with E-state index in [1.807, 2.05) is 6.08 Å². The van der Waals surface area contributed by atoms with Gasteiger partial charge < -0.3 is 5.11 Å². The van der Waals surface area contributed by atoms with E-state index in [9.17, 15) is 5.11 Å². The number of aliphatic hydroxyl groups is 1. The first kappa shape index (κ1) is 15.5. The summed E-state index contributed by atoms with van der Waals surface area (Å²) in [5, 5.41) is 10.7. The number of allylic oxidation sites excluding steroid dienone is 1. The van der Waals surface area contributed by atoms with Crippen LogP contribution in [0.25, 0.3) is 5.57 Å². The van der Waals surface area contributed by atoms with Crippen molar-refractivity contribution in [1.29, 1.82) is 0 Å². The van der Waals surface area contributed by atoms with Crippen LogP contribution >= 0.6 is 23.2 Å². The van der Waals surface area contributed by atoms with Crippen molar-refractivity contribution in [1.82, 2.24) is 4.98 Å². The molecule has 0 aliphatic carbocycles. The molecule has 100 valence electrons. The van der Waals surface area contributed by atoms with E-state index in [-0.39, 0.29) is 0 Å². The lowest BCUT2D eigenvalue weighted by atomic mass is 9.96. The van der Waals surface area contributed by atoms with Gasteiger partial charge in [-0.25, -0.2) is 4.98 Å². The summed E-state index contributed by atoms with van der Waals surface area (Å²) in [4.78, 5) is 3.93. The normalized spacial score (nSPS) is 12.9. The molecule has 0 amide bonds. The highest BCUT2D eigenvalue weighted by atomic mass is 35.5. The minimum atomic E-state index is -0.856. The van der Waals surface area contributed by atoms with Crippen LogP contribution in [0.2, 0.25) is 10.3 Å². The second-order valence-corrected chi connectivity index (χ2v) is 5.70. The summed E-state index contributed by atoms with van der Waals surface area (Å²) >= 11 is 11.8. The number of halogens is 2. The maximum atomic E-state index is 9.93. The molecule has 0 bridgehead atoms. The summed E-state index contributed by atoms with van der Waals surface area (Å²) in [5.41, 5.74) is 1.12. The van der Waals surface area contributed by atoms with Gasteiger partial charge in [-0.05, 0) is 56.0 Å². The van der Waals surface area contributed by atoms with E-state index in [0.717, 1.165) is 30.4 Å². The number of hydrogen-bond donors (Lipinski definition) is 1. The third kappa shape index (κ3) is 5.38. The van der Waals surface area contributed by atoms with Gasteiger partial charge in [-0.1, -0.05) is 36.5 Å². The Bertz CT molecular complexity index is 416. The molecule has 1 rings (SSSR count). The predicted octanol–water partition coefficient (Wildman–Crippen LogP) is 4.73. The molecule has 0 radical (unpaired) electrons. The Morgan fingerprint density at radius 1 is 1.33 bits per heavy atom. The van der Waals surface area contributed by atoms with Crippen LogP contribution in [0.4, 0.5) is 0 Å². The molecule has 0 saturated heterocycles. The fraction of sp³-hybridized carbons (Fsp3) is 0.500. The standard InChI is InChI=1S/C14H19Cl2NO/c1-4-5-6-10(9-14(2,3)18)11-7-12(15)17-13(16)8-11/h7-9,18H,4-6H2,1-3H3/b10-9+. The molecule has 1 aromatic heterocycles. The SMILES string of the molecule is CCCC/C(=C\C(C)(C)O)c1cc(Cl)nc(Cl)c1. The van der Waals surface area contributed by atoms with Gasteiger partial charge in [-0.15, -0.1) is 0 Å². The third-order valence-electron chi connectivity index (χ3n) is 2.46. The van der Waals surface area contributed by atoms with Crippen molar-refractivity contribution >= 4 is 28.8 Å². The van der Waals surface area contributed by atoms with Crippen LogP contribution in [0, 0.1) is 0 Å². The number of nitrogens with zero attached hydrogens (tertiary/aromatic N) is 1. The molecule has 4 heteroatoms. The number of pyridine rings is 1. The Labute approximate surface area is 119 Å². The minimum absolute atomic E-state index is 0.371. The Balaban J connectivity index is 3.13. The first-order valence-electron chi connectivity index (χ1n) is 6.09. The van der Waals surface area contributed by atoms with Crippen LogP contribution < -0.4 is 0 Å². The summed E-state index contributed by atoms with van der Waals surface area (Å²) in [6, 6.07) is 3.56. The molecule has 2 nitrogen and oxygen atoms in total. The van der Waals surface area contributed by atoms with E-state index >= 15 is 0 Å². The van der Waals surface area contributed by atoms with E-state index in [4.69, 9.17) is 23.2 Å². The zero-order chi connectivity index (χ0) is 13.8. The lowest BCUT2D eigenvalue weighted by Gasteiger charge is -2.16. The Morgan fingerprint density at radius 2 is 1.89 bits per heavy atom. The molecule has 0 spiro atoms. The summed E-state index contributed by atoms with van der Waals surface area (Å²) in [5.74, 6) is 0. The van der Waals surface area contributed by atoms with Crippen LogP contribution in [0.1, 0.15) is 45.6 Å². The van der Waals surface area contributed by atoms with Crippen molar-refractivity contribution in [3.63, 3.8) is 0 Å². The van der Waals surface area contributed by atoms with Crippen molar-refractivity contribution in [2.24, 2.45) is 0 Å². The average molecular weight is 288 g/mol. The molecule has 0 atom stereocenters. The second-order valence-electron chi connectivity index (χ2n) is 4.93. The molecular formula is C14H19Cl2NO. The zero-order valence-corrected chi connectivity index (χ0v) is 12.5. The second kappa shape index (κ2) is 6.55. The van der Waals surface area contributed by atoms with Crippen molar-refractivity contribution in [2.75, 3.05) is 0 Å². The minimum Gasteiger partial charge on any atom is -0.386 e. The fourth-order valence-corrected chi connectivity index (χ4v) is 2.20. The molecule has 0 fully saturated rings. The van der Waals surface area contributed by atoms with Gasteiger partial charge in [-0.2, -0.15) is 0 Å². The van der Waals surface area contributed by atoms with Gasteiger partial charge in [0.1, 0.15) is 10.3 Å². The quantitative estimate of drug-likeness (QED) is 0.794. The Hall–Kier alpha value is -0.570. The van der Waals surface area contributed by atoms with E-state index in [0.29, 0.717) is 10.3 Å². The largest absolute Gasteiger partial charge is 0.386 e. The molecule has 18 heavy (non-hydrogen) atoms. The number of unbranched alkanes of at least 4 members (excludes halogenated alkanes) is 1. The fourth-order valence-electron chi connectivity index (χ4n) is 1.74. The molecule has 0 aliphatic rings. The molecule has 0 aromatic carbocycles. The van der Waals surface area contributed by atoms with E-state index in [1.54, 1.807) is 26.0 Å².